The average molecular weight is 234 g/mol. The molecule has 0 aromatic heterocycles. The summed E-state index contributed by atoms with van der Waals surface area (Å²) in [6.07, 6.45) is 2.56. The maximum atomic E-state index is 5.90. The molecule has 1 fully saturated rings. The van der Waals surface area contributed by atoms with Gasteiger partial charge in [-0.05, 0) is 31.9 Å². The Kier molecular flexibility index (Phi) is 4.02. The van der Waals surface area contributed by atoms with Gasteiger partial charge < -0.3 is 15.4 Å². The molecule has 0 aliphatic carbocycles. The number of ether oxygens (including phenoxy) is 1. The number of rotatable bonds is 4. The third-order valence-electron chi connectivity index (χ3n) is 3.57. The molecule has 0 amide bonds. The van der Waals surface area contributed by atoms with Gasteiger partial charge in [0.25, 0.3) is 0 Å². The Hall–Kier alpha value is -1.06. The summed E-state index contributed by atoms with van der Waals surface area (Å²) >= 11 is 0. The van der Waals surface area contributed by atoms with E-state index in [1.165, 1.54) is 11.3 Å². The van der Waals surface area contributed by atoms with Crippen molar-refractivity contribution in [1.82, 2.24) is 0 Å². The smallest absolute Gasteiger partial charge is 0.0791 e. The quantitative estimate of drug-likeness (QED) is 0.865. The molecule has 1 aliphatic rings. The summed E-state index contributed by atoms with van der Waals surface area (Å²) < 4.78 is 5.75. The molecule has 2 rings (SSSR count). The van der Waals surface area contributed by atoms with E-state index >= 15 is 0 Å². The summed E-state index contributed by atoms with van der Waals surface area (Å²) in [6.45, 7) is 3.61. The highest BCUT2D eigenvalue weighted by atomic mass is 16.5. The van der Waals surface area contributed by atoms with E-state index in [-0.39, 0.29) is 12.1 Å². The zero-order valence-corrected chi connectivity index (χ0v) is 10.7. The summed E-state index contributed by atoms with van der Waals surface area (Å²) in [4.78, 5) is 2.25. The van der Waals surface area contributed by atoms with Crippen molar-refractivity contribution in [2.45, 2.75) is 31.9 Å². The number of aryl methyl sites for hydroxylation is 1. The van der Waals surface area contributed by atoms with Crippen LogP contribution in [0.1, 0.15) is 18.4 Å². The molecule has 2 atom stereocenters. The van der Waals surface area contributed by atoms with Crippen LogP contribution >= 0.6 is 0 Å². The highest BCUT2D eigenvalue weighted by Crippen LogP contribution is 2.23. The van der Waals surface area contributed by atoms with Crippen LogP contribution in [-0.2, 0) is 4.74 Å². The molecule has 1 aromatic rings. The van der Waals surface area contributed by atoms with E-state index in [2.05, 4.69) is 43.1 Å². The monoisotopic (exact) mass is 234 g/mol. The van der Waals surface area contributed by atoms with Gasteiger partial charge in [0, 0.05) is 25.9 Å². The van der Waals surface area contributed by atoms with Crippen molar-refractivity contribution in [1.29, 1.82) is 0 Å². The number of anilines is 1. The number of benzene rings is 1. The largest absolute Gasteiger partial charge is 0.376 e. The number of hydrogen-bond donors (Lipinski definition) is 1. The first kappa shape index (κ1) is 12.4. The van der Waals surface area contributed by atoms with Gasteiger partial charge in [-0.3, -0.25) is 0 Å². The van der Waals surface area contributed by atoms with Crippen molar-refractivity contribution in [3.63, 3.8) is 0 Å². The number of hydrogen-bond acceptors (Lipinski definition) is 3. The Labute approximate surface area is 104 Å². The van der Waals surface area contributed by atoms with Gasteiger partial charge in [0.05, 0.1) is 12.1 Å². The Bertz CT molecular complexity index is 344. The van der Waals surface area contributed by atoms with E-state index in [9.17, 15) is 0 Å². The number of nitrogens with zero attached hydrogens (tertiary/aromatic N) is 1. The topological polar surface area (TPSA) is 38.5 Å². The lowest BCUT2D eigenvalue weighted by molar-refractivity contribution is 0.0907. The van der Waals surface area contributed by atoms with Gasteiger partial charge in [-0.25, -0.2) is 0 Å². The van der Waals surface area contributed by atoms with E-state index in [1.807, 2.05) is 0 Å². The van der Waals surface area contributed by atoms with E-state index in [0.717, 1.165) is 19.4 Å². The Morgan fingerprint density at radius 2 is 2.12 bits per heavy atom. The standard InChI is InChI=1S/C14H22N2O/c1-11-5-7-12(8-6-11)16(2)13(10-15)14-4-3-9-17-14/h5-8,13-14H,3-4,9-10,15H2,1-2H3. The van der Waals surface area contributed by atoms with E-state index in [4.69, 9.17) is 10.5 Å². The molecule has 3 heteroatoms. The molecule has 1 aliphatic heterocycles. The first-order valence-electron chi connectivity index (χ1n) is 6.33. The molecule has 2 N–H and O–H groups in total. The van der Waals surface area contributed by atoms with Crippen LogP contribution in [0.15, 0.2) is 24.3 Å². The van der Waals surface area contributed by atoms with E-state index in [1.54, 1.807) is 0 Å². The molecule has 0 radical (unpaired) electrons. The molecule has 0 spiro atoms. The van der Waals surface area contributed by atoms with Crippen molar-refractivity contribution < 1.29 is 4.74 Å². The molecule has 1 aromatic carbocycles. The second kappa shape index (κ2) is 5.52. The van der Waals surface area contributed by atoms with Crippen LogP contribution in [0.5, 0.6) is 0 Å². The predicted molar refractivity (Wildman–Crippen MR) is 71.4 cm³/mol. The van der Waals surface area contributed by atoms with Crippen LogP contribution in [0, 0.1) is 6.92 Å². The molecule has 0 bridgehead atoms. The minimum absolute atomic E-state index is 0.278. The van der Waals surface area contributed by atoms with Crippen LogP contribution in [0.4, 0.5) is 5.69 Å². The van der Waals surface area contributed by atoms with Crippen molar-refractivity contribution in [2.75, 3.05) is 25.1 Å². The van der Waals surface area contributed by atoms with Crippen LogP contribution in [0.2, 0.25) is 0 Å². The van der Waals surface area contributed by atoms with Crippen molar-refractivity contribution in [3.05, 3.63) is 29.8 Å². The third-order valence-corrected chi connectivity index (χ3v) is 3.57. The fraction of sp³-hybridized carbons (Fsp3) is 0.571. The highest BCUT2D eigenvalue weighted by molar-refractivity contribution is 5.48. The number of likely N-dealkylation sites (N-methyl/N-ethyl adjacent to an activating group) is 1. The van der Waals surface area contributed by atoms with Gasteiger partial charge in [0.1, 0.15) is 0 Å². The maximum Gasteiger partial charge on any atom is 0.0791 e. The van der Waals surface area contributed by atoms with Crippen molar-refractivity contribution in [2.24, 2.45) is 5.73 Å². The minimum Gasteiger partial charge on any atom is -0.376 e. The first-order chi connectivity index (χ1) is 8.22. The maximum absolute atomic E-state index is 5.90. The summed E-state index contributed by atoms with van der Waals surface area (Å²) in [5.74, 6) is 0. The van der Waals surface area contributed by atoms with Gasteiger partial charge in [0.2, 0.25) is 0 Å². The van der Waals surface area contributed by atoms with Crippen LogP contribution in [0.25, 0.3) is 0 Å². The van der Waals surface area contributed by atoms with Gasteiger partial charge in [-0.2, -0.15) is 0 Å². The Morgan fingerprint density at radius 3 is 2.65 bits per heavy atom. The summed E-state index contributed by atoms with van der Waals surface area (Å²) in [6, 6.07) is 8.84. The van der Waals surface area contributed by atoms with Gasteiger partial charge in [-0.1, -0.05) is 17.7 Å². The fourth-order valence-electron chi connectivity index (χ4n) is 2.44. The molecule has 1 saturated heterocycles. The SMILES string of the molecule is Cc1ccc(N(C)C(CN)C2CCCO2)cc1. The Balaban J connectivity index is 2.10. The molecule has 3 nitrogen and oxygen atoms in total. The second-order valence-corrected chi connectivity index (χ2v) is 4.80. The van der Waals surface area contributed by atoms with Gasteiger partial charge in [-0.15, -0.1) is 0 Å². The molecular weight excluding hydrogens is 212 g/mol. The molecular formula is C14H22N2O. The van der Waals surface area contributed by atoms with Crippen LogP contribution in [-0.4, -0.2) is 32.3 Å². The van der Waals surface area contributed by atoms with Gasteiger partial charge >= 0.3 is 0 Å². The van der Waals surface area contributed by atoms with Gasteiger partial charge in [0.15, 0.2) is 0 Å². The predicted octanol–water partition coefficient (Wildman–Crippen LogP) is 1.94. The molecule has 0 saturated carbocycles. The highest BCUT2D eigenvalue weighted by Gasteiger charge is 2.28. The molecule has 17 heavy (non-hydrogen) atoms. The van der Waals surface area contributed by atoms with E-state index in [0.29, 0.717) is 6.54 Å². The average Bonchev–Trinajstić information content (AvgIpc) is 2.84. The second-order valence-electron chi connectivity index (χ2n) is 4.80. The third kappa shape index (κ3) is 2.79. The summed E-state index contributed by atoms with van der Waals surface area (Å²) in [5, 5.41) is 0. The van der Waals surface area contributed by atoms with Crippen molar-refractivity contribution in [3.8, 4) is 0 Å². The fourth-order valence-corrected chi connectivity index (χ4v) is 2.44. The zero-order valence-electron chi connectivity index (χ0n) is 10.7. The van der Waals surface area contributed by atoms with E-state index < -0.39 is 0 Å². The molecule has 1 heterocycles. The lowest BCUT2D eigenvalue weighted by Gasteiger charge is -2.33. The van der Waals surface area contributed by atoms with Crippen LogP contribution < -0.4 is 10.6 Å². The minimum atomic E-state index is 0.278. The Morgan fingerprint density at radius 1 is 1.41 bits per heavy atom. The summed E-state index contributed by atoms with van der Waals surface area (Å²) in [7, 11) is 2.10. The first-order valence-corrected chi connectivity index (χ1v) is 6.33. The zero-order chi connectivity index (χ0) is 12.3. The molecule has 2 unspecified atom stereocenters. The van der Waals surface area contributed by atoms with Crippen molar-refractivity contribution >= 4 is 5.69 Å². The number of nitrogens with two attached hydrogens (primary N) is 1. The van der Waals surface area contributed by atoms with Crippen LogP contribution in [0.3, 0.4) is 0 Å². The molecule has 94 valence electrons. The summed E-state index contributed by atoms with van der Waals surface area (Å²) in [5.41, 5.74) is 8.39. The normalized spacial score (nSPS) is 21.5. The lowest BCUT2D eigenvalue weighted by Crippen LogP contribution is -2.46. The lowest BCUT2D eigenvalue weighted by atomic mass is 10.1.